The SMILES string of the molecule is Cc1ccc(F)c(C(C)[C@H](NS(=O)(=O)N2CCCC2)c2n[nH]c(=O)o2)c1C. The fraction of sp³-hybridized carbons (Fsp3) is 0.529. The molecule has 27 heavy (non-hydrogen) atoms. The molecule has 1 fully saturated rings. The van der Waals surface area contributed by atoms with E-state index in [1.165, 1.54) is 10.4 Å². The minimum absolute atomic E-state index is 0.129. The van der Waals surface area contributed by atoms with Crippen molar-refractivity contribution in [2.75, 3.05) is 13.1 Å². The van der Waals surface area contributed by atoms with Crippen LogP contribution in [0.2, 0.25) is 0 Å². The lowest BCUT2D eigenvalue weighted by Crippen LogP contribution is -2.42. The summed E-state index contributed by atoms with van der Waals surface area (Å²) in [5, 5.41) is 5.92. The van der Waals surface area contributed by atoms with Crippen LogP contribution in [-0.4, -0.2) is 36.0 Å². The quantitative estimate of drug-likeness (QED) is 0.773. The normalized spacial score (nSPS) is 17.9. The predicted octanol–water partition coefficient (Wildman–Crippen LogP) is 1.89. The predicted molar refractivity (Wildman–Crippen MR) is 97.0 cm³/mol. The summed E-state index contributed by atoms with van der Waals surface area (Å²) in [5.41, 5.74) is 1.95. The zero-order valence-electron chi connectivity index (χ0n) is 15.5. The number of nitrogens with one attached hydrogen (secondary N) is 2. The molecule has 0 amide bonds. The van der Waals surface area contributed by atoms with E-state index in [-0.39, 0.29) is 5.89 Å². The molecule has 8 nitrogen and oxygen atoms in total. The maximum absolute atomic E-state index is 14.6. The highest BCUT2D eigenvalue weighted by Crippen LogP contribution is 2.35. The Labute approximate surface area is 157 Å². The van der Waals surface area contributed by atoms with Gasteiger partial charge in [-0.3, -0.25) is 0 Å². The first-order valence-electron chi connectivity index (χ1n) is 8.79. The molecule has 2 atom stereocenters. The lowest BCUT2D eigenvalue weighted by Gasteiger charge is -2.27. The summed E-state index contributed by atoms with van der Waals surface area (Å²) in [6, 6.07) is 1.98. The summed E-state index contributed by atoms with van der Waals surface area (Å²) < 4.78 is 49.0. The molecule has 2 heterocycles. The third kappa shape index (κ3) is 3.97. The second kappa shape index (κ2) is 7.53. The van der Waals surface area contributed by atoms with Crippen LogP contribution in [-0.2, 0) is 10.2 Å². The van der Waals surface area contributed by atoms with Crippen LogP contribution in [0.3, 0.4) is 0 Å². The van der Waals surface area contributed by atoms with Gasteiger partial charge in [0.15, 0.2) is 0 Å². The van der Waals surface area contributed by atoms with Gasteiger partial charge in [-0.15, -0.1) is 5.10 Å². The van der Waals surface area contributed by atoms with E-state index in [0.717, 1.165) is 18.4 Å². The number of hydrogen-bond acceptors (Lipinski definition) is 5. The maximum Gasteiger partial charge on any atom is 0.434 e. The molecule has 0 radical (unpaired) electrons. The Bertz CT molecular complexity index is 979. The van der Waals surface area contributed by atoms with E-state index in [2.05, 4.69) is 14.9 Å². The summed E-state index contributed by atoms with van der Waals surface area (Å²) in [5.74, 6) is -2.04. The number of halogens is 1. The Morgan fingerprint density at radius 1 is 1.30 bits per heavy atom. The Hall–Kier alpha value is -2.04. The topological polar surface area (TPSA) is 108 Å². The second-order valence-electron chi connectivity index (χ2n) is 6.85. The molecule has 148 valence electrons. The molecule has 1 aliphatic rings. The van der Waals surface area contributed by atoms with Crippen LogP contribution < -0.4 is 10.5 Å². The van der Waals surface area contributed by atoms with Crippen LogP contribution in [0.5, 0.6) is 0 Å². The van der Waals surface area contributed by atoms with E-state index in [1.807, 2.05) is 6.92 Å². The summed E-state index contributed by atoms with van der Waals surface area (Å²) >= 11 is 0. The van der Waals surface area contributed by atoms with Crippen molar-refractivity contribution in [1.29, 1.82) is 0 Å². The molecule has 2 N–H and O–H groups in total. The summed E-state index contributed by atoms with van der Waals surface area (Å²) in [4.78, 5) is 11.4. The highest BCUT2D eigenvalue weighted by Gasteiger charge is 2.35. The average molecular weight is 398 g/mol. The van der Waals surface area contributed by atoms with Crippen molar-refractivity contribution in [2.24, 2.45) is 0 Å². The first-order valence-corrected chi connectivity index (χ1v) is 10.2. The molecule has 0 saturated carbocycles. The Balaban J connectivity index is 2.03. The number of aromatic nitrogens is 2. The molecule has 3 rings (SSSR count). The molecule has 2 aromatic rings. The molecule has 0 spiro atoms. The van der Waals surface area contributed by atoms with E-state index >= 15 is 0 Å². The molecule has 10 heteroatoms. The first-order chi connectivity index (χ1) is 12.7. The number of hydrogen-bond donors (Lipinski definition) is 2. The van der Waals surface area contributed by atoms with Crippen molar-refractivity contribution in [3.05, 3.63) is 51.1 Å². The molecule has 1 unspecified atom stereocenters. The molecule has 1 aromatic heterocycles. The zero-order valence-corrected chi connectivity index (χ0v) is 16.3. The molecule has 1 aliphatic heterocycles. The first kappa shape index (κ1) is 19.7. The number of aryl methyl sites for hydroxylation is 1. The van der Waals surface area contributed by atoms with Gasteiger partial charge in [0.05, 0.1) is 0 Å². The van der Waals surface area contributed by atoms with Gasteiger partial charge in [0.1, 0.15) is 11.9 Å². The standard InChI is InChI=1S/C17H23FN4O4S/c1-10-6-7-13(18)14(11(10)2)12(3)15(16-19-20-17(23)26-16)21-27(24,25)22-8-4-5-9-22/h6-7,12,15,21H,4-5,8-9H2,1-3H3,(H,20,23)/t12?,15-/m0/s1. The van der Waals surface area contributed by atoms with Gasteiger partial charge in [-0.05, 0) is 49.4 Å². The van der Waals surface area contributed by atoms with Crippen molar-refractivity contribution in [2.45, 2.75) is 45.6 Å². The van der Waals surface area contributed by atoms with Crippen molar-refractivity contribution >= 4 is 10.2 Å². The van der Waals surface area contributed by atoms with Crippen LogP contribution in [0, 0.1) is 19.7 Å². The van der Waals surface area contributed by atoms with Gasteiger partial charge >= 0.3 is 5.76 Å². The van der Waals surface area contributed by atoms with Crippen LogP contribution in [0.4, 0.5) is 4.39 Å². The monoisotopic (exact) mass is 398 g/mol. The average Bonchev–Trinajstić information content (AvgIpc) is 3.28. The molecular formula is C17H23FN4O4S. The van der Waals surface area contributed by atoms with Crippen LogP contribution in [0.15, 0.2) is 21.3 Å². The number of benzene rings is 1. The maximum atomic E-state index is 14.6. The van der Waals surface area contributed by atoms with Crippen LogP contribution in [0.1, 0.15) is 54.3 Å². The van der Waals surface area contributed by atoms with E-state index in [1.54, 1.807) is 19.9 Å². The molecule has 0 aliphatic carbocycles. The number of nitrogens with zero attached hydrogens (tertiary/aromatic N) is 2. The van der Waals surface area contributed by atoms with Gasteiger partial charge in [0, 0.05) is 19.0 Å². The molecule has 0 bridgehead atoms. The minimum Gasteiger partial charge on any atom is -0.391 e. The van der Waals surface area contributed by atoms with Crippen LogP contribution >= 0.6 is 0 Å². The van der Waals surface area contributed by atoms with Crippen molar-refractivity contribution in [3.63, 3.8) is 0 Å². The Morgan fingerprint density at radius 2 is 1.96 bits per heavy atom. The number of rotatable bonds is 6. The van der Waals surface area contributed by atoms with Gasteiger partial charge in [-0.25, -0.2) is 14.3 Å². The highest BCUT2D eigenvalue weighted by molar-refractivity contribution is 7.87. The fourth-order valence-corrected chi connectivity index (χ4v) is 4.95. The smallest absolute Gasteiger partial charge is 0.391 e. The van der Waals surface area contributed by atoms with Gasteiger partial charge in [0.25, 0.3) is 10.2 Å². The minimum atomic E-state index is -3.84. The van der Waals surface area contributed by atoms with Crippen molar-refractivity contribution in [1.82, 2.24) is 19.2 Å². The van der Waals surface area contributed by atoms with E-state index in [4.69, 9.17) is 4.42 Å². The van der Waals surface area contributed by atoms with Gasteiger partial charge in [0.2, 0.25) is 5.89 Å². The third-order valence-corrected chi connectivity index (χ3v) is 6.69. The van der Waals surface area contributed by atoms with Crippen molar-refractivity contribution in [3.8, 4) is 0 Å². The Kier molecular flexibility index (Phi) is 5.50. The zero-order chi connectivity index (χ0) is 19.8. The molecule has 1 aromatic carbocycles. The second-order valence-corrected chi connectivity index (χ2v) is 8.55. The molecule has 1 saturated heterocycles. The van der Waals surface area contributed by atoms with Gasteiger partial charge in [-0.2, -0.15) is 17.4 Å². The van der Waals surface area contributed by atoms with Gasteiger partial charge in [-0.1, -0.05) is 13.0 Å². The van der Waals surface area contributed by atoms with E-state index in [9.17, 15) is 17.6 Å². The fourth-order valence-electron chi connectivity index (χ4n) is 3.43. The highest BCUT2D eigenvalue weighted by atomic mass is 32.2. The van der Waals surface area contributed by atoms with E-state index < -0.39 is 33.7 Å². The number of H-pyrrole nitrogens is 1. The number of aromatic amines is 1. The van der Waals surface area contributed by atoms with Gasteiger partial charge < -0.3 is 4.42 Å². The lowest BCUT2D eigenvalue weighted by atomic mass is 9.88. The summed E-state index contributed by atoms with van der Waals surface area (Å²) in [6.45, 7) is 6.13. The van der Waals surface area contributed by atoms with E-state index in [0.29, 0.717) is 24.2 Å². The third-order valence-electron chi connectivity index (χ3n) is 5.09. The summed E-state index contributed by atoms with van der Waals surface area (Å²) in [7, 11) is -3.84. The van der Waals surface area contributed by atoms with Crippen molar-refractivity contribution < 1.29 is 17.2 Å². The molecular weight excluding hydrogens is 375 g/mol. The lowest BCUT2D eigenvalue weighted by molar-refractivity contribution is 0.366. The Morgan fingerprint density at radius 3 is 2.56 bits per heavy atom. The summed E-state index contributed by atoms with van der Waals surface area (Å²) in [6.07, 6.45) is 1.56. The van der Waals surface area contributed by atoms with Crippen LogP contribution in [0.25, 0.3) is 0 Å². The largest absolute Gasteiger partial charge is 0.434 e.